The van der Waals surface area contributed by atoms with Crippen LogP contribution in [0, 0.1) is 6.92 Å². The van der Waals surface area contributed by atoms with Crippen LogP contribution in [0.4, 0.5) is 5.69 Å². The third kappa shape index (κ3) is 5.39. The normalized spacial score (nSPS) is 10.4. The number of aryl methyl sites for hydroxylation is 1. The van der Waals surface area contributed by atoms with Crippen LogP contribution < -0.4 is 10.6 Å². The lowest BCUT2D eigenvalue weighted by Crippen LogP contribution is -2.27. The predicted octanol–water partition coefficient (Wildman–Crippen LogP) is 4.53. The molecule has 0 saturated heterocycles. The van der Waals surface area contributed by atoms with Gasteiger partial charge in [0.05, 0.1) is 10.7 Å². The quantitative estimate of drug-likeness (QED) is 0.639. The molecule has 0 fully saturated rings. The van der Waals surface area contributed by atoms with Gasteiger partial charge in [-0.25, -0.2) is 4.98 Å². The van der Waals surface area contributed by atoms with E-state index < -0.39 is 0 Å². The Morgan fingerprint density at radius 1 is 1.15 bits per heavy atom. The Kier molecular flexibility index (Phi) is 6.21. The van der Waals surface area contributed by atoms with Gasteiger partial charge in [-0.2, -0.15) is 0 Å². The number of nitrogens with one attached hydrogen (secondary N) is 2. The Labute approximate surface area is 166 Å². The van der Waals surface area contributed by atoms with E-state index in [9.17, 15) is 9.59 Å². The summed E-state index contributed by atoms with van der Waals surface area (Å²) < 4.78 is 0. The van der Waals surface area contributed by atoms with E-state index >= 15 is 0 Å². The standard InChI is InChI=1S/C20H18ClN3O2S/c1-13-23-18(12-27-13)15-3-2-4-17(11-15)24-19(25)9-10-22-20(26)14-5-7-16(21)8-6-14/h2-8,11-12H,9-10H2,1H3,(H,22,26)(H,24,25). The van der Waals surface area contributed by atoms with E-state index in [1.165, 1.54) is 0 Å². The molecule has 27 heavy (non-hydrogen) atoms. The zero-order valence-corrected chi connectivity index (χ0v) is 16.2. The number of aromatic nitrogens is 1. The molecular weight excluding hydrogens is 382 g/mol. The molecule has 0 saturated carbocycles. The molecule has 0 radical (unpaired) electrons. The Morgan fingerprint density at radius 3 is 2.63 bits per heavy atom. The molecule has 0 unspecified atom stereocenters. The van der Waals surface area contributed by atoms with Gasteiger partial charge < -0.3 is 10.6 Å². The first-order chi connectivity index (χ1) is 13.0. The van der Waals surface area contributed by atoms with Crippen LogP contribution in [-0.2, 0) is 4.79 Å². The maximum absolute atomic E-state index is 12.1. The third-order valence-electron chi connectivity index (χ3n) is 3.81. The molecule has 0 atom stereocenters. The van der Waals surface area contributed by atoms with Crippen molar-refractivity contribution in [3.63, 3.8) is 0 Å². The fourth-order valence-electron chi connectivity index (χ4n) is 2.47. The van der Waals surface area contributed by atoms with Gasteiger partial charge in [0.2, 0.25) is 5.91 Å². The number of hydrogen-bond acceptors (Lipinski definition) is 4. The average Bonchev–Trinajstić information content (AvgIpc) is 3.09. The van der Waals surface area contributed by atoms with E-state index in [1.54, 1.807) is 35.6 Å². The lowest BCUT2D eigenvalue weighted by molar-refractivity contribution is -0.116. The largest absolute Gasteiger partial charge is 0.352 e. The molecule has 2 N–H and O–H groups in total. The van der Waals surface area contributed by atoms with E-state index in [-0.39, 0.29) is 24.8 Å². The van der Waals surface area contributed by atoms with Crippen molar-refractivity contribution in [2.45, 2.75) is 13.3 Å². The number of anilines is 1. The summed E-state index contributed by atoms with van der Waals surface area (Å²) in [6.45, 7) is 2.20. The second kappa shape index (κ2) is 8.79. The summed E-state index contributed by atoms with van der Waals surface area (Å²) in [7, 11) is 0. The molecule has 0 aliphatic rings. The minimum Gasteiger partial charge on any atom is -0.352 e. The van der Waals surface area contributed by atoms with E-state index in [0.29, 0.717) is 16.3 Å². The van der Waals surface area contributed by atoms with E-state index in [4.69, 9.17) is 11.6 Å². The number of benzene rings is 2. The lowest BCUT2D eigenvalue weighted by atomic mass is 10.1. The van der Waals surface area contributed by atoms with Crippen molar-refractivity contribution in [3.05, 3.63) is 69.5 Å². The van der Waals surface area contributed by atoms with Crippen molar-refractivity contribution in [2.24, 2.45) is 0 Å². The molecule has 3 aromatic rings. The SMILES string of the molecule is Cc1nc(-c2cccc(NC(=O)CCNC(=O)c3ccc(Cl)cc3)c2)cs1. The molecule has 2 aromatic carbocycles. The molecule has 0 aliphatic heterocycles. The van der Waals surface area contributed by atoms with Crippen LogP contribution in [-0.4, -0.2) is 23.3 Å². The number of hydrogen-bond donors (Lipinski definition) is 2. The van der Waals surface area contributed by atoms with Gasteiger partial charge in [-0.15, -0.1) is 11.3 Å². The van der Waals surface area contributed by atoms with Crippen molar-refractivity contribution >= 4 is 40.4 Å². The average molecular weight is 400 g/mol. The van der Waals surface area contributed by atoms with Crippen LogP contribution in [0.5, 0.6) is 0 Å². The van der Waals surface area contributed by atoms with Crippen LogP contribution in [0.25, 0.3) is 11.3 Å². The minimum atomic E-state index is -0.236. The highest BCUT2D eigenvalue weighted by Gasteiger charge is 2.08. The van der Waals surface area contributed by atoms with Crippen LogP contribution in [0.15, 0.2) is 53.9 Å². The van der Waals surface area contributed by atoms with Gasteiger partial charge >= 0.3 is 0 Å². The highest BCUT2D eigenvalue weighted by atomic mass is 35.5. The molecule has 5 nitrogen and oxygen atoms in total. The number of thiazole rings is 1. The summed E-state index contributed by atoms with van der Waals surface area (Å²) in [6, 6.07) is 14.1. The molecule has 2 amide bonds. The lowest BCUT2D eigenvalue weighted by Gasteiger charge is -2.08. The summed E-state index contributed by atoms with van der Waals surface area (Å²) in [5.41, 5.74) is 3.05. The van der Waals surface area contributed by atoms with Gasteiger partial charge in [-0.3, -0.25) is 9.59 Å². The topological polar surface area (TPSA) is 71.1 Å². The molecule has 138 valence electrons. The second-order valence-electron chi connectivity index (χ2n) is 5.89. The zero-order valence-electron chi connectivity index (χ0n) is 14.7. The number of rotatable bonds is 6. The Morgan fingerprint density at radius 2 is 1.93 bits per heavy atom. The van der Waals surface area contributed by atoms with Crippen molar-refractivity contribution < 1.29 is 9.59 Å². The van der Waals surface area contributed by atoms with Crippen LogP contribution in [0.2, 0.25) is 5.02 Å². The number of halogens is 1. The van der Waals surface area contributed by atoms with E-state index in [0.717, 1.165) is 16.3 Å². The second-order valence-corrected chi connectivity index (χ2v) is 7.39. The molecule has 1 aromatic heterocycles. The predicted molar refractivity (Wildman–Crippen MR) is 109 cm³/mol. The van der Waals surface area contributed by atoms with Crippen molar-refractivity contribution in [3.8, 4) is 11.3 Å². The van der Waals surface area contributed by atoms with Gasteiger partial charge in [0.15, 0.2) is 0 Å². The van der Waals surface area contributed by atoms with Crippen molar-refractivity contribution in [2.75, 3.05) is 11.9 Å². The van der Waals surface area contributed by atoms with Gasteiger partial charge in [-0.05, 0) is 43.3 Å². The van der Waals surface area contributed by atoms with Crippen LogP contribution >= 0.6 is 22.9 Å². The Bertz CT molecular complexity index is 954. The minimum absolute atomic E-state index is 0.169. The van der Waals surface area contributed by atoms with Gasteiger partial charge in [0, 0.05) is 40.2 Å². The van der Waals surface area contributed by atoms with Crippen molar-refractivity contribution in [1.82, 2.24) is 10.3 Å². The molecule has 0 bridgehead atoms. The number of carbonyl (C=O) groups is 2. The highest BCUT2D eigenvalue weighted by molar-refractivity contribution is 7.09. The number of nitrogens with zero attached hydrogens (tertiary/aromatic N) is 1. The summed E-state index contributed by atoms with van der Waals surface area (Å²) in [6.07, 6.45) is 0.180. The summed E-state index contributed by atoms with van der Waals surface area (Å²) in [5.74, 6) is -0.404. The zero-order chi connectivity index (χ0) is 19.2. The maximum Gasteiger partial charge on any atom is 0.251 e. The molecule has 7 heteroatoms. The summed E-state index contributed by atoms with van der Waals surface area (Å²) in [4.78, 5) is 28.6. The van der Waals surface area contributed by atoms with Gasteiger partial charge in [-0.1, -0.05) is 23.7 Å². The molecule has 3 rings (SSSR count). The van der Waals surface area contributed by atoms with Gasteiger partial charge in [0.25, 0.3) is 5.91 Å². The molecule has 0 aliphatic carbocycles. The maximum atomic E-state index is 12.1. The Hall–Kier alpha value is -2.70. The summed E-state index contributed by atoms with van der Waals surface area (Å²) >= 11 is 7.39. The first-order valence-corrected chi connectivity index (χ1v) is 9.63. The fourth-order valence-corrected chi connectivity index (χ4v) is 3.22. The van der Waals surface area contributed by atoms with Crippen LogP contribution in [0.1, 0.15) is 21.8 Å². The van der Waals surface area contributed by atoms with Crippen molar-refractivity contribution in [1.29, 1.82) is 0 Å². The van der Waals surface area contributed by atoms with Gasteiger partial charge in [0.1, 0.15) is 0 Å². The smallest absolute Gasteiger partial charge is 0.251 e. The first-order valence-electron chi connectivity index (χ1n) is 8.37. The molecule has 1 heterocycles. The molecular formula is C20H18ClN3O2S. The number of amides is 2. The Balaban J connectivity index is 1.51. The monoisotopic (exact) mass is 399 g/mol. The third-order valence-corrected chi connectivity index (χ3v) is 4.83. The molecule has 0 spiro atoms. The fraction of sp³-hybridized carbons (Fsp3) is 0.150. The van der Waals surface area contributed by atoms with E-state index in [1.807, 2.05) is 36.6 Å². The van der Waals surface area contributed by atoms with Crippen LogP contribution in [0.3, 0.4) is 0 Å². The highest BCUT2D eigenvalue weighted by Crippen LogP contribution is 2.24. The van der Waals surface area contributed by atoms with E-state index in [2.05, 4.69) is 15.6 Å². The summed E-state index contributed by atoms with van der Waals surface area (Å²) in [5, 5.41) is 9.13. The first kappa shape index (κ1) is 19.1. The number of carbonyl (C=O) groups excluding carboxylic acids is 2.